The number of sulfone groups is 1. The molecule has 1 aliphatic heterocycles. The van der Waals surface area contributed by atoms with E-state index in [4.69, 9.17) is 4.74 Å². The highest BCUT2D eigenvalue weighted by Crippen LogP contribution is 2.31. The van der Waals surface area contributed by atoms with Crippen molar-refractivity contribution < 1.29 is 17.9 Å². The third-order valence-corrected chi connectivity index (χ3v) is 6.01. The fourth-order valence-electron chi connectivity index (χ4n) is 2.62. The van der Waals surface area contributed by atoms with Crippen LogP contribution in [0.5, 0.6) is 5.75 Å². The maximum atomic E-state index is 12.5. The second-order valence-corrected chi connectivity index (χ2v) is 7.81. The van der Waals surface area contributed by atoms with E-state index in [9.17, 15) is 13.2 Å². The molecule has 0 aliphatic carbocycles. The summed E-state index contributed by atoms with van der Waals surface area (Å²) in [5.74, 6) is 0.177. The van der Waals surface area contributed by atoms with Crippen molar-refractivity contribution in [3.8, 4) is 5.75 Å². The Morgan fingerprint density at radius 3 is 2.75 bits per heavy atom. The highest BCUT2D eigenvalue weighted by atomic mass is 32.2. The van der Waals surface area contributed by atoms with Gasteiger partial charge in [0.05, 0.1) is 12.6 Å². The van der Waals surface area contributed by atoms with Crippen molar-refractivity contribution in [1.29, 1.82) is 0 Å². The summed E-state index contributed by atoms with van der Waals surface area (Å²) in [7, 11) is -3.82. The Bertz CT molecular complexity index is 837. The molecule has 0 saturated heterocycles. The fourth-order valence-corrected chi connectivity index (χ4v) is 3.81. The summed E-state index contributed by atoms with van der Waals surface area (Å²) in [5.41, 5.74) is 0.861. The second kappa shape index (κ2) is 6.60. The van der Waals surface area contributed by atoms with E-state index in [0.29, 0.717) is 18.8 Å². The first kappa shape index (κ1) is 16.4. The molecule has 126 valence electrons. The summed E-state index contributed by atoms with van der Waals surface area (Å²) < 4.78 is 30.6. The number of fused-ring (bicyclic) bond motifs is 1. The number of amides is 1. The summed E-state index contributed by atoms with van der Waals surface area (Å²) >= 11 is 0. The molecule has 2 atom stereocenters. The van der Waals surface area contributed by atoms with E-state index in [1.165, 1.54) is 19.2 Å². The van der Waals surface area contributed by atoms with Crippen molar-refractivity contribution in [3.05, 3.63) is 54.2 Å². The molecule has 1 aliphatic rings. The zero-order chi connectivity index (χ0) is 17.2. The Labute approximate surface area is 140 Å². The summed E-state index contributed by atoms with van der Waals surface area (Å²) in [5, 5.41) is 1.51. The Morgan fingerprint density at radius 1 is 1.25 bits per heavy atom. The molecule has 0 fully saturated rings. The Morgan fingerprint density at radius 2 is 2.00 bits per heavy atom. The van der Waals surface area contributed by atoms with Gasteiger partial charge >= 0.3 is 0 Å². The number of hydrogen-bond donors (Lipinski definition) is 1. The molecule has 2 heterocycles. The van der Waals surface area contributed by atoms with Gasteiger partial charge in [-0.1, -0.05) is 24.3 Å². The van der Waals surface area contributed by atoms with Gasteiger partial charge in [0, 0.05) is 18.2 Å². The maximum absolute atomic E-state index is 12.5. The van der Waals surface area contributed by atoms with E-state index in [-0.39, 0.29) is 11.1 Å². The summed E-state index contributed by atoms with van der Waals surface area (Å²) in [4.78, 5) is 16.3. The zero-order valence-electron chi connectivity index (χ0n) is 13.2. The van der Waals surface area contributed by atoms with Gasteiger partial charge in [0.25, 0.3) is 0 Å². The Hall–Kier alpha value is -2.41. The van der Waals surface area contributed by atoms with Crippen LogP contribution in [-0.4, -0.2) is 31.2 Å². The lowest BCUT2D eigenvalue weighted by atomic mass is 10.0. The number of nitrogens with one attached hydrogen (secondary N) is 1. The SMILES string of the molecule is C[C@@H](C(=O)N[C@@H]1CCOc2ccccc21)S(=O)(=O)c1ccccn1. The number of carbonyl (C=O) groups is 1. The minimum atomic E-state index is -3.82. The molecule has 1 aromatic heterocycles. The maximum Gasteiger partial charge on any atom is 0.238 e. The molecule has 0 spiro atoms. The van der Waals surface area contributed by atoms with Crippen LogP contribution in [0, 0.1) is 0 Å². The van der Waals surface area contributed by atoms with Crippen LogP contribution in [0.15, 0.2) is 53.7 Å². The standard InChI is InChI=1S/C17H18N2O4S/c1-12(24(21,22)16-8-4-5-10-18-16)17(20)19-14-9-11-23-15-7-3-2-6-13(14)15/h2-8,10,12,14H,9,11H2,1H3,(H,19,20)/t12-,14+/m0/s1. The number of aromatic nitrogens is 1. The van der Waals surface area contributed by atoms with E-state index in [0.717, 1.165) is 5.56 Å². The van der Waals surface area contributed by atoms with Crippen LogP contribution in [0.2, 0.25) is 0 Å². The first-order valence-corrected chi connectivity index (χ1v) is 9.22. The smallest absolute Gasteiger partial charge is 0.238 e. The van der Waals surface area contributed by atoms with Gasteiger partial charge in [-0.05, 0) is 25.1 Å². The molecule has 0 saturated carbocycles. The van der Waals surface area contributed by atoms with Crippen LogP contribution in [0.4, 0.5) is 0 Å². The number of ether oxygens (including phenoxy) is 1. The van der Waals surface area contributed by atoms with Gasteiger partial charge in [-0.25, -0.2) is 13.4 Å². The third kappa shape index (κ3) is 3.12. The predicted octanol–water partition coefficient (Wildman–Crippen LogP) is 1.88. The molecular formula is C17H18N2O4S. The minimum absolute atomic E-state index is 0.0972. The zero-order valence-corrected chi connectivity index (χ0v) is 14.0. The molecule has 24 heavy (non-hydrogen) atoms. The number of carbonyl (C=O) groups excluding carboxylic acids is 1. The van der Waals surface area contributed by atoms with Crippen LogP contribution < -0.4 is 10.1 Å². The predicted molar refractivity (Wildman–Crippen MR) is 88.3 cm³/mol. The van der Waals surface area contributed by atoms with E-state index in [2.05, 4.69) is 10.3 Å². The van der Waals surface area contributed by atoms with Crippen LogP contribution in [-0.2, 0) is 14.6 Å². The molecule has 1 N–H and O–H groups in total. The molecule has 3 rings (SSSR count). The Balaban J connectivity index is 1.79. The molecule has 0 bridgehead atoms. The quantitative estimate of drug-likeness (QED) is 0.914. The third-order valence-electron chi connectivity index (χ3n) is 4.04. The van der Waals surface area contributed by atoms with Gasteiger partial charge in [-0.3, -0.25) is 4.79 Å². The lowest BCUT2D eigenvalue weighted by Crippen LogP contribution is -2.41. The van der Waals surface area contributed by atoms with Crippen molar-refractivity contribution in [2.75, 3.05) is 6.61 Å². The number of pyridine rings is 1. The second-order valence-electron chi connectivity index (χ2n) is 5.59. The van der Waals surface area contributed by atoms with E-state index in [1.807, 2.05) is 24.3 Å². The van der Waals surface area contributed by atoms with Crippen LogP contribution in [0.25, 0.3) is 0 Å². The molecule has 7 heteroatoms. The monoisotopic (exact) mass is 346 g/mol. The van der Waals surface area contributed by atoms with Gasteiger partial charge in [0.15, 0.2) is 5.03 Å². The largest absolute Gasteiger partial charge is 0.493 e. The topological polar surface area (TPSA) is 85.4 Å². The van der Waals surface area contributed by atoms with E-state index in [1.54, 1.807) is 12.1 Å². The van der Waals surface area contributed by atoms with Crippen LogP contribution in [0.1, 0.15) is 24.9 Å². The first-order valence-electron chi connectivity index (χ1n) is 7.67. The van der Waals surface area contributed by atoms with Gasteiger partial charge in [-0.2, -0.15) is 0 Å². The lowest BCUT2D eigenvalue weighted by Gasteiger charge is -2.27. The molecule has 2 aromatic rings. The van der Waals surface area contributed by atoms with Crippen LogP contribution >= 0.6 is 0 Å². The van der Waals surface area contributed by atoms with Crippen molar-refractivity contribution >= 4 is 15.7 Å². The molecule has 1 amide bonds. The average Bonchev–Trinajstić information content (AvgIpc) is 2.62. The number of nitrogens with zero attached hydrogens (tertiary/aromatic N) is 1. The van der Waals surface area contributed by atoms with Crippen molar-refractivity contribution in [1.82, 2.24) is 10.3 Å². The van der Waals surface area contributed by atoms with Crippen molar-refractivity contribution in [2.45, 2.75) is 29.7 Å². The van der Waals surface area contributed by atoms with Gasteiger partial charge < -0.3 is 10.1 Å². The lowest BCUT2D eigenvalue weighted by molar-refractivity contribution is -0.121. The van der Waals surface area contributed by atoms with Crippen molar-refractivity contribution in [2.24, 2.45) is 0 Å². The average molecular weight is 346 g/mol. The molecular weight excluding hydrogens is 328 g/mol. The number of hydrogen-bond acceptors (Lipinski definition) is 5. The number of rotatable bonds is 4. The Kier molecular flexibility index (Phi) is 4.53. The molecule has 0 radical (unpaired) electrons. The summed E-state index contributed by atoms with van der Waals surface area (Å²) in [6.07, 6.45) is 1.99. The van der Waals surface area contributed by atoms with Crippen LogP contribution in [0.3, 0.4) is 0 Å². The van der Waals surface area contributed by atoms with Crippen molar-refractivity contribution in [3.63, 3.8) is 0 Å². The molecule has 1 aromatic carbocycles. The highest BCUT2D eigenvalue weighted by molar-refractivity contribution is 7.92. The minimum Gasteiger partial charge on any atom is -0.493 e. The summed E-state index contributed by atoms with van der Waals surface area (Å²) in [6, 6.07) is 11.8. The van der Waals surface area contributed by atoms with Gasteiger partial charge in [-0.15, -0.1) is 0 Å². The van der Waals surface area contributed by atoms with E-state index >= 15 is 0 Å². The van der Waals surface area contributed by atoms with E-state index < -0.39 is 21.0 Å². The van der Waals surface area contributed by atoms with Gasteiger partial charge in [0.1, 0.15) is 11.0 Å². The molecule has 0 unspecified atom stereocenters. The fraction of sp³-hybridized carbons (Fsp3) is 0.294. The molecule has 6 nitrogen and oxygen atoms in total. The first-order chi connectivity index (χ1) is 11.5. The number of para-hydroxylation sites is 1. The number of benzene rings is 1. The normalized spacial score (nSPS) is 18.1. The highest BCUT2D eigenvalue weighted by Gasteiger charge is 2.33. The van der Waals surface area contributed by atoms with Gasteiger partial charge in [0.2, 0.25) is 15.7 Å². The summed E-state index contributed by atoms with van der Waals surface area (Å²) in [6.45, 7) is 1.86.